The average molecular weight is 250 g/mol. The Kier molecular flexibility index (Phi) is 3.61. The molecule has 17 heavy (non-hydrogen) atoms. The molecular weight excluding hydrogens is 240 g/mol. The summed E-state index contributed by atoms with van der Waals surface area (Å²) in [4.78, 5) is 23.2. The number of aryl methyl sites for hydroxylation is 1. The third kappa shape index (κ3) is 3.49. The Bertz CT molecular complexity index is 500. The number of aromatic nitrogens is 3. The van der Waals surface area contributed by atoms with Gasteiger partial charge in [-0.25, -0.2) is 15.0 Å². The SMILES string of the molecule is Cc1csc(NC(=O)COc2ncccn2)n1. The maximum Gasteiger partial charge on any atom is 0.316 e. The molecule has 0 spiro atoms. The first-order chi connectivity index (χ1) is 8.24. The highest BCUT2D eigenvalue weighted by molar-refractivity contribution is 7.13. The molecule has 1 amide bonds. The minimum absolute atomic E-state index is 0.136. The number of rotatable bonds is 4. The van der Waals surface area contributed by atoms with Crippen LogP contribution in [0.1, 0.15) is 5.69 Å². The summed E-state index contributed by atoms with van der Waals surface area (Å²) in [5.41, 5.74) is 0.873. The van der Waals surface area contributed by atoms with Crippen molar-refractivity contribution < 1.29 is 9.53 Å². The van der Waals surface area contributed by atoms with Crippen LogP contribution in [0.15, 0.2) is 23.8 Å². The van der Waals surface area contributed by atoms with E-state index in [1.54, 1.807) is 18.5 Å². The Hall–Kier alpha value is -2.02. The lowest BCUT2D eigenvalue weighted by Gasteiger charge is -2.02. The van der Waals surface area contributed by atoms with Crippen molar-refractivity contribution in [1.82, 2.24) is 15.0 Å². The van der Waals surface area contributed by atoms with E-state index in [0.29, 0.717) is 5.13 Å². The first-order valence-electron chi connectivity index (χ1n) is 4.86. The summed E-state index contributed by atoms with van der Waals surface area (Å²) in [6.45, 7) is 1.73. The molecule has 0 atom stereocenters. The zero-order valence-corrected chi connectivity index (χ0v) is 9.90. The van der Waals surface area contributed by atoms with Gasteiger partial charge in [0, 0.05) is 17.8 Å². The van der Waals surface area contributed by atoms with Crippen molar-refractivity contribution in [3.63, 3.8) is 0 Å². The number of ether oxygens (including phenoxy) is 1. The lowest BCUT2D eigenvalue weighted by molar-refractivity contribution is -0.118. The predicted octanol–water partition coefficient (Wildman–Crippen LogP) is 1.26. The van der Waals surface area contributed by atoms with E-state index >= 15 is 0 Å². The van der Waals surface area contributed by atoms with Gasteiger partial charge in [0.05, 0.1) is 5.69 Å². The van der Waals surface area contributed by atoms with Crippen LogP contribution in [-0.4, -0.2) is 27.5 Å². The van der Waals surface area contributed by atoms with Gasteiger partial charge in [-0.3, -0.25) is 10.1 Å². The van der Waals surface area contributed by atoms with Crippen molar-refractivity contribution in [2.24, 2.45) is 0 Å². The van der Waals surface area contributed by atoms with Crippen molar-refractivity contribution in [2.75, 3.05) is 11.9 Å². The quantitative estimate of drug-likeness (QED) is 0.883. The molecule has 0 radical (unpaired) electrons. The van der Waals surface area contributed by atoms with Crippen molar-refractivity contribution in [3.05, 3.63) is 29.5 Å². The maximum atomic E-state index is 11.5. The van der Waals surface area contributed by atoms with Gasteiger partial charge < -0.3 is 4.74 Å². The van der Waals surface area contributed by atoms with Crippen molar-refractivity contribution in [2.45, 2.75) is 6.92 Å². The Balaban J connectivity index is 1.82. The molecule has 0 aromatic carbocycles. The zero-order valence-electron chi connectivity index (χ0n) is 9.08. The molecule has 88 valence electrons. The molecule has 6 nitrogen and oxygen atoms in total. The Morgan fingerprint density at radius 2 is 2.24 bits per heavy atom. The summed E-state index contributed by atoms with van der Waals surface area (Å²) >= 11 is 1.37. The lowest BCUT2D eigenvalue weighted by atomic mass is 10.6. The number of hydrogen-bond donors (Lipinski definition) is 1. The molecule has 2 aromatic heterocycles. The van der Waals surface area contributed by atoms with E-state index in [1.165, 1.54) is 11.3 Å². The van der Waals surface area contributed by atoms with E-state index in [-0.39, 0.29) is 18.5 Å². The fraction of sp³-hybridized carbons (Fsp3) is 0.200. The van der Waals surface area contributed by atoms with Crippen molar-refractivity contribution >= 4 is 22.4 Å². The monoisotopic (exact) mass is 250 g/mol. The molecular formula is C10H10N4O2S. The van der Waals surface area contributed by atoms with Crippen LogP contribution in [0.4, 0.5) is 5.13 Å². The van der Waals surface area contributed by atoms with Crippen molar-refractivity contribution in [3.8, 4) is 6.01 Å². The van der Waals surface area contributed by atoms with Gasteiger partial charge in [-0.2, -0.15) is 0 Å². The first-order valence-corrected chi connectivity index (χ1v) is 5.74. The van der Waals surface area contributed by atoms with E-state index in [4.69, 9.17) is 4.74 Å². The maximum absolute atomic E-state index is 11.5. The number of nitrogens with one attached hydrogen (secondary N) is 1. The second-order valence-corrected chi connectivity index (χ2v) is 4.02. The van der Waals surface area contributed by atoms with Crippen LogP contribution in [-0.2, 0) is 4.79 Å². The number of thiazole rings is 1. The van der Waals surface area contributed by atoms with Crippen LogP contribution in [0.5, 0.6) is 6.01 Å². The third-order valence-corrected chi connectivity index (χ3v) is 2.62. The van der Waals surface area contributed by atoms with Gasteiger partial charge in [-0.05, 0) is 13.0 Å². The van der Waals surface area contributed by atoms with E-state index in [0.717, 1.165) is 5.69 Å². The van der Waals surface area contributed by atoms with Gasteiger partial charge >= 0.3 is 6.01 Å². The molecule has 0 saturated heterocycles. The topological polar surface area (TPSA) is 77.0 Å². The van der Waals surface area contributed by atoms with Crippen LogP contribution >= 0.6 is 11.3 Å². The molecule has 0 fully saturated rings. The molecule has 0 aliphatic carbocycles. The summed E-state index contributed by atoms with van der Waals surface area (Å²) in [5, 5.41) is 5.04. The smallest absolute Gasteiger partial charge is 0.316 e. The number of nitrogens with zero attached hydrogens (tertiary/aromatic N) is 3. The number of carbonyl (C=O) groups excluding carboxylic acids is 1. The fourth-order valence-corrected chi connectivity index (χ4v) is 1.76. The van der Waals surface area contributed by atoms with Gasteiger partial charge in [-0.15, -0.1) is 11.3 Å². The molecule has 0 saturated carbocycles. The van der Waals surface area contributed by atoms with Crippen LogP contribution in [0.3, 0.4) is 0 Å². The van der Waals surface area contributed by atoms with Crippen LogP contribution in [0.25, 0.3) is 0 Å². The number of amides is 1. The van der Waals surface area contributed by atoms with E-state index < -0.39 is 0 Å². The molecule has 2 aromatic rings. The lowest BCUT2D eigenvalue weighted by Crippen LogP contribution is -2.20. The highest BCUT2D eigenvalue weighted by atomic mass is 32.1. The molecule has 0 unspecified atom stereocenters. The first kappa shape index (κ1) is 11.5. The van der Waals surface area contributed by atoms with Gasteiger partial charge in [0.15, 0.2) is 11.7 Å². The minimum atomic E-state index is -0.285. The molecule has 1 N–H and O–H groups in total. The van der Waals surface area contributed by atoms with E-state index in [1.807, 2.05) is 12.3 Å². The van der Waals surface area contributed by atoms with Crippen molar-refractivity contribution in [1.29, 1.82) is 0 Å². The Morgan fingerprint density at radius 1 is 1.47 bits per heavy atom. The normalized spacial score (nSPS) is 9.94. The largest absolute Gasteiger partial charge is 0.453 e. The number of hydrogen-bond acceptors (Lipinski definition) is 6. The zero-order chi connectivity index (χ0) is 12.1. The third-order valence-electron chi connectivity index (χ3n) is 1.74. The minimum Gasteiger partial charge on any atom is -0.453 e. The Labute approximate surface area is 102 Å². The summed E-state index contributed by atoms with van der Waals surface area (Å²) in [6, 6.07) is 1.85. The molecule has 0 aliphatic heterocycles. The second kappa shape index (κ2) is 5.35. The summed E-state index contributed by atoms with van der Waals surface area (Å²) in [7, 11) is 0. The van der Waals surface area contributed by atoms with Crippen LogP contribution in [0, 0.1) is 6.92 Å². The molecule has 7 heteroatoms. The van der Waals surface area contributed by atoms with E-state index in [9.17, 15) is 4.79 Å². The summed E-state index contributed by atoms with van der Waals surface area (Å²) < 4.78 is 5.09. The standard InChI is InChI=1S/C10H10N4O2S/c1-7-6-17-10(13-7)14-8(15)5-16-9-11-3-2-4-12-9/h2-4,6H,5H2,1H3,(H,13,14,15). The number of anilines is 1. The van der Waals surface area contributed by atoms with Gasteiger partial charge in [0.25, 0.3) is 5.91 Å². The van der Waals surface area contributed by atoms with Gasteiger partial charge in [0.2, 0.25) is 0 Å². The molecule has 0 aliphatic rings. The molecule has 2 heterocycles. The highest BCUT2D eigenvalue weighted by Gasteiger charge is 2.06. The van der Waals surface area contributed by atoms with Crippen LogP contribution < -0.4 is 10.1 Å². The fourth-order valence-electron chi connectivity index (χ4n) is 1.06. The predicted molar refractivity (Wildman–Crippen MR) is 63.0 cm³/mol. The Morgan fingerprint density at radius 3 is 2.88 bits per heavy atom. The summed E-state index contributed by atoms with van der Waals surface area (Å²) in [6.07, 6.45) is 3.09. The molecule has 2 rings (SSSR count). The summed E-state index contributed by atoms with van der Waals surface area (Å²) in [5.74, 6) is -0.285. The van der Waals surface area contributed by atoms with Gasteiger partial charge in [-0.1, -0.05) is 0 Å². The van der Waals surface area contributed by atoms with Gasteiger partial charge in [0.1, 0.15) is 0 Å². The second-order valence-electron chi connectivity index (χ2n) is 3.16. The number of carbonyl (C=O) groups is 1. The van der Waals surface area contributed by atoms with E-state index in [2.05, 4.69) is 20.3 Å². The average Bonchev–Trinajstić information content (AvgIpc) is 2.73. The highest BCUT2D eigenvalue weighted by Crippen LogP contribution is 2.13. The molecule has 0 bridgehead atoms. The van der Waals surface area contributed by atoms with Crippen LogP contribution in [0.2, 0.25) is 0 Å².